The van der Waals surface area contributed by atoms with E-state index in [2.05, 4.69) is 4.90 Å². The molecule has 0 spiro atoms. The Morgan fingerprint density at radius 1 is 1.14 bits per heavy atom. The van der Waals surface area contributed by atoms with Gasteiger partial charge in [-0.3, -0.25) is 4.90 Å². The van der Waals surface area contributed by atoms with Crippen LogP contribution in [0.25, 0.3) is 0 Å². The van der Waals surface area contributed by atoms with Crippen molar-refractivity contribution in [2.24, 2.45) is 5.73 Å². The minimum absolute atomic E-state index is 0.162. The molecule has 0 aliphatic heterocycles. The maximum absolute atomic E-state index is 13.7. The van der Waals surface area contributed by atoms with Gasteiger partial charge in [0.2, 0.25) is 0 Å². The summed E-state index contributed by atoms with van der Waals surface area (Å²) < 4.78 is 13.7. The van der Waals surface area contributed by atoms with E-state index in [0.29, 0.717) is 17.1 Å². The van der Waals surface area contributed by atoms with Crippen molar-refractivity contribution in [1.82, 2.24) is 4.90 Å². The number of hydrogen-bond donors (Lipinski definition) is 1. The molecular weight excluding hydrogens is 283 g/mol. The number of rotatable bonds is 5. The molecule has 0 aliphatic carbocycles. The lowest BCUT2D eigenvalue weighted by atomic mass is 10.0. The maximum atomic E-state index is 13.7. The second-order valence-corrected chi connectivity index (χ2v) is 5.71. The topological polar surface area (TPSA) is 29.3 Å². The molecule has 0 aromatic heterocycles. The molecule has 2 aromatic rings. The summed E-state index contributed by atoms with van der Waals surface area (Å²) in [6.07, 6.45) is 0. The van der Waals surface area contributed by atoms with E-state index in [1.165, 1.54) is 11.6 Å². The Morgan fingerprint density at radius 2 is 1.81 bits per heavy atom. The third-order valence-corrected chi connectivity index (χ3v) is 3.70. The average Bonchev–Trinajstić information content (AvgIpc) is 2.43. The summed E-state index contributed by atoms with van der Waals surface area (Å²) >= 11 is 4.98. The largest absolute Gasteiger partial charge is 0.389 e. The molecule has 21 heavy (non-hydrogen) atoms. The SMILES string of the molecule is Cc1cc(C(N)=S)ccc1CN(C)Cc1ccccc1F. The summed E-state index contributed by atoms with van der Waals surface area (Å²) in [6, 6.07) is 12.8. The quantitative estimate of drug-likeness (QED) is 0.858. The van der Waals surface area contributed by atoms with Crippen LogP contribution < -0.4 is 5.73 Å². The van der Waals surface area contributed by atoms with E-state index in [-0.39, 0.29) is 5.82 Å². The van der Waals surface area contributed by atoms with Gasteiger partial charge in [-0.1, -0.05) is 42.5 Å². The molecule has 0 fully saturated rings. The Balaban J connectivity index is 2.08. The molecule has 0 bridgehead atoms. The lowest BCUT2D eigenvalue weighted by Gasteiger charge is -2.19. The van der Waals surface area contributed by atoms with Gasteiger partial charge in [-0.05, 0) is 37.2 Å². The van der Waals surface area contributed by atoms with Gasteiger partial charge in [0.15, 0.2) is 0 Å². The number of benzene rings is 2. The molecule has 0 heterocycles. The number of aryl methyl sites for hydroxylation is 1. The zero-order chi connectivity index (χ0) is 15.4. The molecule has 0 unspecified atom stereocenters. The Hall–Kier alpha value is -1.78. The standard InChI is InChI=1S/C17H19FN2S/c1-12-9-13(17(19)21)7-8-14(12)10-20(2)11-15-5-3-4-6-16(15)18/h3-9H,10-11H2,1-2H3,(H2,19,21). The van der Waals surface area contributed by atoms with E-state index in [0.717, 1.165) is 17.7 Å². The van der Waals surface area contributed by atoms with Crippen molar-refractivity contribution in [1.29, 1.82) is 0 Å². The highest BCUT2D eigenvalue weighted by Gasteiger charge is 2.08. The van der Waals surface area contributed by atoms with Crippen LogP contribution in [0.5, 0.6) is 0 Å². The molecule has 2 rings (SSSR count). The molecule has 110 valence electrons. The van der Waals surface area contributed by atoms with Crippen LogP contribution in [0.15, 0.2) is 42.5 Å². The zero-order valence-electron chi connectivity index (χ0n) is 12.3. The van der Waals surface area contributed by atoms with Crippen molar-refractivity contribution in [3.8, 4) is 0 Å². The highest BCUT2D eigenvalue weighted by molar-refractivity contribution is 7.80. The first-order chi connectivity index (χ1) is 9.97. The number of nitrogens with two attached hydrogens (primary N) is 1. The number of halogens is 1. The van der Waals surface area contributed by atoms with E-state index in [1.54, 1.807) is 6.07 Å². The van der Waals surface area contributed by atoms with Gasteiger partial charge < -0.3 is 5.73 Å². The van der Waals surface area contributed by atoms with E-state index in [4.69, 9.17) is 18.0 Å². The van der Waals surface area contributed by atoms with E-state index < -0.39 is 0 Å². The monoisotopic (exact) mass is 302 g/mol. The minimum atomic E-state index is -0.162. The summed E-state index contributed by atoms with van der Waals surface area (Å²) in [5, 5.41) is 0. The summed E-state index contributed by atoms with van der Waals surface area (Å²) in [6.45, 7) is 3.36. The number of hydrogen-bond acceptors (Lipinski definition) is 2. The van der Waals surface area contributed by atoms with Gasteiger partial charge in [-0.2, -0.15) is 0 Å². The van der Waals surface area contributed by atoms with Crippen LogP contribution in [-0.4, -0.2) is 16.9 Å². The molecule has 0 aliphatic rings. The van der Waals surface area contributed by atoms with Crippen molar-refractivity contribution in [2.75, 3.05) is 7.05 Å². The van der Waals surface area contributed by atoms with Crippen LogP contribution >= 0.6 is 12.2 Å². The fourth-order valence-electron chi connectivity index (χ4n) is 2.29. The van der Waals surface area contributed by atoms with Crippen molar-refractivity contribution in [3.63, 3.8) is 0 Å². The highest BCUT2D eigenvalue weighted by atomic mass is 32.1. The predicted molar refractivity (Wildman–Crippen MR) is 88.6 cm³/mol. The van der Waals surface area contributed by atoms with E-state index in [9.17, 15) is 4.39 Å². The lowest BCUT2D eigenvalue weighted by Crippen LogP contribution is -2.19. The Labute approximate surface area is 130 Å². The van der Waals surface area contributed by atoms with Gasteiger partial charge in [-0.25, -0.2) is 4.39 Å². The third-order valence-electron chi connectivity index (χ3n) is 3.47. The van der Waals surface area contributed by atoms with Crippen LogP contribution in [0.3, 0.4) is 0 Å². The third kappa shape index (κ3) is 4.09. The first-order valence-electron chi connectivity index (χ1n) is 6.78. The lowest BCUT2D eigenvalue weighted by molar-refractivity contribution is 0.313. The van der Waals surface area contributed by atoms with Crippen molar-refractivity contribution in [2.45, 2.75) is 20.0 Å². The molecule has 0 saturated heterocycles. The van der Waals surface area contributed by atoms with E-state index >= 15 is 0 Å². The van der Waals surface area contributed by atoms with Crippen LogP contribution in [0.2, 0.25) is 0 Å². The fraction of sp³-hybridized carbons (Fsp3) is 0.235. The normalized spacial score (nSPS) is 10.9. The zero-order valence-corrected chi connectivity index (χ0v) is 13.1. The van der Waals surface area contributed by atoms with Crippen molar-refractivity contribution < 1.29 is 4.39 Å². The smallest absolute Gasteiger partial charge is 0.127 e. The number of nitrogens with zero attached hydrogens (tertiary/aromatic N) is 1. The second-order valence-electron chi connectivity index (χ2n) is 5.27. The summed E-state index contributed by atoms with van der Waals surface area (Å²) in [7, 11) is 1.98. The predicted octanol–water partition coefficient (Wildman–Crippen LogP) is 3.40. The first-order valence-corrected chi connectivity index (χ1v) is 7.19. The highest BCUT2D eigenvalue weighted by Crippen LogP contribution is 2.15. The van der Waals surface area contributed by atoms with Gasteiger partial charge in [-0.15, -0.1) is 0 Å². The van der Waals surface area contributed by atoms with Crippen molar-refractivity contribution in [3.05, 3.63) is 70.5 Å². The van der Waals surface area contributed by atoms with Crippen LogP contribution in [-0.2, 0) is 13.1 Å². The molecule has 0 saturated carbocycles. The van der Waals surface area contributed by atoms with Crippen molar-refractivity contribution >= 4 is 17.2 Å². The van der Waals surface area contributed by atoms with Gasteiger partial charge >= 0.3 is 0 Å². The molecule has 0 amide bonds. The van der Waals surface area contributed by atoms with Crippen LogP contribution in [0, 0.1) is 12.7 Å². The van der Waals surface area contributed by atoms with Crippen LogP contribution in [0.1, 0.15) is 22.3 Å². The van der Waals surface area contributed by atoms with Crippen LogP contribution in [0.4, 0.5) is 4.39 Å². The van der Waals surface area contributed by atoms with Gasteiger partial charge in [0.25, 0.3) is 0 Å². The summed E-state index contributed by atoms with van der Waals surface area (Å²) in [5.74, 6) is -0.162. The average molecular weight is 302 g/mol. The molecule has 2 N–H and O–H groups in total. The Morgan fingerprint density at radius 3 is 2.43 bits per heavy atom. The van der Waals surface area contributed by atoms with Gasteiger partial charge in [0.05, 0.1) is 0 Å². The van der Waals surface area contributed by atoms with Gasteiger partial charge in [0, 0.05) is 24.2 Å². The molecule has 4 heteroatoms. The molecule has 0 radical (unpaired) electrons. The molecule has 2 aromatic carbocycles. The summed E-state index contributed by atoms with van der Waals surface area (Å²) in [5.41, 5.74) is 9.54. The Kier molecular flexibility index (Phi) is 5.04. The molecular formula is C17H19FN2S. The fourth-order valence-corrected chi connectivity index (χ4v) is 2.42. The maximum Gasteiger partial charge on any atom is 0.127 e. The summed E-state index contributed by atoms with van der Waals surface area (Å²) in [4.78, 5) is 2.49. The first kappa shape index (κ1) is 15.6. The van der Waals surface area contributed by atoms with Gasteiger partial charge in [0.1, 0.15) is 10.8 Å². The van der Waals surface area contributed by atoms with E-state index in [1.807, 2.05) is 44.3 Å². The second kappa shape index (κ2) is 6.78. The number of thiocarbonyl (C=S) groups is 1. The molecule has 2 nitrogen and oxygen atoms in total. The molecule has 0 atom stereocenters. The minimum Gasteiger partial charge on any atom is -0.389 e. The Bertz CT molecular complexity index is 655.